The maximum absolute atomic E-state index is 12.6. The molecule has 1 N–H and O–H groups in total. The number of aromatic nitrogens is 2. The van der Waals surface area contributed by atoms with Crippen LogP contribution >= 0.6 is 12.4 Å². The second kappa shape index (κ2) is 6.29. The van der Waals surface area contributed by atoms with Gasteiger partial charge >= 0.3 is 5.69 Å². The van der Waals surface area contributed by atoms with Gasteiger partial charge in [-0.05, 0) is 38.1 Å². The molecule has 0 saturated carbocycles. The van der Waals surface area contributed by atoms with Gasteiger partial charge in [0.2, 0.25) is 0 Å². The molecule has 1 saturated heterocycles. The highest BCUT2D eigenvalue weighted by Gasteiger charge is 2.21. The van der Waals surface area contributed by atoms with Gasteiger partial charge in [-0.1, -0.05) is 18.2 Å². The molecule has 1 aliphatic heterocycles. The highest BCUT2D eigenvalue weighted by Crippen LogP contribution is 2.23. The number of hydrogen-bond donors (Lipinski definition) is 1. The number of rotatable bonds is 3. The van der Waals surface area contributed by atoms with Crippen LogP contribution in [0.25, 0.3) is 11.0 Å². The number of benzene rings is 1. The van der Waals surface area contributed by atoms with Crippen molar-refractivity contribution in [2.24, 2.45) is 0 Å². The van der Waals surface area contributed by atoms with Gasteiger partial charge in [0.15, 0.2) is 0 Å². The molecule has 5 heteroatoms. The predicted molar refractivity (Wildman–Crippen MR) is 84.8 cm³/mol. The minimum Gasteiger partial charge on any atom is -0.317 e. The lowest BCUT2D eigenvalue weighted by Crippen LogP contribution is -2.34. The molecular weight excluding hydrogens is 274 g/mol. The summed E-state index contributed by atoms with van der Waals surface area (Å²) in [5, 5.41) is 3.35. The van der Waals surface area contributed by atoms with E-state index < -0.39 is 0 Å². The lowest BCUT2D eigenvalue weighted by Gasteiger charge is -2.23. The Morgan fingerprint density at radius 1 is 1.25 bits per heavy atom. The summed E-state index contributed by atoms with van der Waals surface area (Å²) in [6.45, 7) is 6.28. The molecule has 20 heavy (non-hydrogen) atoms. The molecule has 108 valence electrons. The number of allylic oxidation sites excluding steroid dienone is 1. The van der Waals surface area contributed by atoms with E-state index in [1.165, 1.54) is 0 Å². The van der Waals surface area contributed by atoms with Crippen LogP contribution in [0.5, 0.6) is 0 Å². The molecule has 2 aromatic rings. The summed E-state index contributed by atoms with van der Waals surface area (Å²) in [5.74, 6) is 0. The van der Waals surface area contributed by atoms with Crippen molar-refractivity contribution in [1.29, 1.82) is 0 Å². The third kappa shape index (κ3) is 2.41. The van der Waals surface area contributed by atoms with Crippen LogP contribution in [0.4, 0.5) is 0 Å². The highest BCUT2D eigenvalue weighted by atomic mass is 35.5. The minimum absolute atomic E-state index is 0. The van der Waals surface area contributed by atoms with E-state index in [0.29, 0.717) is 12.6 Å². The Morgan fingerprint density at radius 2 is 1.90 bits per heavy atom. The zero-order valence-corrected chi connectivity index (χ0v) is 12.2. The van der Waals surface area contributed by atoms with Crippen LogP contribution in [0, 0.1) is 0 Å². The smallest absolute Gasteiger partial charge is 0.317 e. The second-order valence-corrected chi connectivity index (χ2v) is 5.02. The Morgan fingerprint density at radius 3 is 2.55 bits per heavy atom. The summed E-state index contributed by atoms with van der Waals surface area (Å²) < 4.78 is 3.78. The number of nitrogens with one attached hydrogen (secondary N) is 1. The van der Waals surface area contributed by atoms with E-state index in [4.69, 9.17) is 0 Å². The van der Waals surface area contributed by atoms with Crippen molar-refractivity contribution in [3.8, 4) is 0 Å². The number of nitrogens with zero attached hydrogens (tertiary/aromatic N) is 2. The number of para-hydroxylation sites is 2. The molecule has 4 nitrogen and oxygen atoms in total. The summed E-state index contributed by atoms with van der Waals surface area (Å²) in [6.07, 6.45) is 3.81. The van der Waals surface area contributed by atoms with Gasteiger partial charge in [-0.2, -0.15) is 0 Å². The van der Waals surface area contributed by atoms with E-state index in [-0.39, 0.29) is 18.1 Å². The van der Waals surface area contributed by atoms with Gasteiger partial charge in [-0.15, -0.1) is 19.0 Å². The Hall–Kier alpha value is -1.52. The largest absolute Gasteiger partial charge is 0.329 e. The second-order valence-electron chi connectivity index (χ2n) is 5.02. The molecule has 0 bridgehead atoms. The first-order valence-electron chi connectivity index (χ1n) is 6.84. The van der Waals surface area contributed by atoms with Crippen molar-refractivity contribution in [2.75, 3.05) is 13.1 Å². The van der Waals surface area contributed by atoms with Gasteiger partial charge in [-0.3, -0.25) is 9.13 Å². The summed E-state index contributed by atoms with van der Waals surface area (Å²) in [7, 11) is 0. The standard InChI is InChI=1S/C15H19N3O.ClH/c1-2-11-17-13-5-3-4-6-14(13)18(15(17)19)12-7-9-16-10-8-12;/h2-6,12,16H,1,7-11H2;1H. The van der Waals surface area contributed by atoms with Crippen molar-refractivity contribution in [3.05, 3.63) is 47.4 Å². The van der Waals surface area contributed by atoms with E-state index >= 15 is 0 Å². The van der Waals surface area contributed by atoms with E-state index in [0.717, 1.165) is 37.0 Å². The van der Waals surface area contributed by atoms with E-state index in [2.05, 4.69) is 11.9 Å². The summed E-state index contributed by atoms with van der Waals surface area (Å²) in [4.78, 5) is 12.6. The number of imidazole rings is 1. The molecule has 1 aromatic heterocycles. The van der Waals surface area contributed by atoms with Crippen LogP contribution in [-0.4, -0.2) is 22.2 Å². The van der Waals surface area contributed by atoms with Gasteiger partial charge in [0.05, 0.1) is 11.0 Å². The maximum atomic E-state index is 12.6. The summed E-state index contributed by atoms with van der Waals surface area (Å²) >= 11 is 0. The third-order valence-corrected chi connectivity index (χ3v) is 3.85. The molecule has 1 aliphatic rings. The SMILES string of the molecule is C=CCn1c(=O)n(C2CCNCC2)c2ccccc21.Cl. The highest BCUT2D eigenvalue weighted by molar-refractivity contribution is 5.85. The first-order chi connectivity index (χ1) is 9.33. The lowest BCUT2D eigenvalue weighted by atomic mass is 10.1. The average Bonchev–Trinajstić information content (AvgIpc) is 2.73. The number of halogens is 1. The summed E-state index contributed by atoms with van der Waals surface area (Å²) in [5.41, 5.74) is 2.14. The van der Waals surface area contributed by atoms with Crippen molar-refractivity contribution < 1.29 is 0 Å². The Bertz CT molecular complexity index is 653. The fourth-order valence-electron chi connectivity index (χ4n) is 2.96. The fraction of sp³-hybridized carbons (Fsp3) is 0.400. The topological polar surface area (TPSA) is 39.0 Å². The van der Waals surface area contributed by atoms with Crippen molar-refractivity contribution in [2.45, 2.75) is 25.4 Å². The number of piperidine rings is 1. The Labute approximate surface area is 124 Å². The van der Waals surface area contributed by atoms with E-state index in [9.17, 15) is 4.79 Å². The number of hydrogen-bond acceptors (Lipinski definition) is 2. The first kappa shape index (κ1) is 14.9. The Kier molecular flexibility index (Phi) is 4.68. The fourth-order valence-corrected chi connectivity index (χ4v) is 2.96. The van der Waals surface area contributed by atoms with E-state index in [1.54, 1.807) is 6.08 Å². The minimum atomic E-state index is 0. The molecule has 0 aliphatic carbocycles. The molecule has 0 amide bonds. The molecular formula is C15H20ClN3O. The van der Waals surface area contributed by atoms with Crippen LogP contribution in [0.1, 0.15) is 18.9 Å². The average molecular weight is 294 g/mol. The van der Waals surface area contributed by atoms with Crippen LogP contribution in [0.2, 0.25) is 0 Å². The van der Waals surface area contributed by atoms with Gasteiger partial charge in [0, 0.05) is 12.6 Å². The van der Waals surface area contributed by atoms with Crippen LogP contribution in [0.3, 0.4) is 0 Å². The van der Waals surface area contributed by atoms with Crippen molar-refractivity contribution in [3.63, 3.8) is 0 Å². The van der Waals surface area contributed by atoms with Crippen LogP contribution < -0.4 is 11.0 Å². The monoisotopic (exact) mass is 293 g/mol. The van der Waals surface area contributed by atoms with E-state index in [1.807, 2.05) is 33.4 Å². The molecule has 0 atom stereocenters. The zero-order valence-electron chi connectivity index (χ0n) is 11.4. The summed E-state index contributed by atoms with van der Waals surface area (Å²) in [6, 6.07) is 8.34. The van der Waals surface area contributed by atoms with Crippen LogP contribution in [-0.2, 0) is 6.54 Å². The number of fused-ring (bicyclic) bond motifs is 1. The Balaban J connectivity index is 0.00000147. The third-order valence-electron chi connectivity index (χ3n) is 3.85. The quantitative estimate of drug-likeness (QED) is 0.882. The van der Waals surface area contributed by atoms with Gasteiger partial charge in [0.25, 0.3) is 0 Å². The molecule has 3 rings (SSSR count). The zero-order chi connectivity index (χ0) is 13.2. The van der Waals surface area contributed by atoms with Gasteiger partial charge < -0.3 is 5.32 Å². The molecule has 1 fully saturated rings. The molecule has 2 heterocycles. The normalized spacial score (nSPS) is 16.0. The van der Waals surface area contributed by atoms with Crippen molar-refractivity contribution in [1.82, 2.24) is 14.5 Å². The van der Waals surface area contributed by atoms with Gasteiger partial charge in [0.1, 0.15) is 0 Å². The molecule has 0 spiro atoms. The first-order valence-corrected chi connectivity index (χ1v) is 6.84. The van der Waals surface area contributed by atoms with Crippen LogP contribution in [0.15, 0.2) is 41.7 Å². The van der Waals surface area contributed by atoms with Gasteiger partial charge in [-0.25, -0.2) is 4.79 Å². The maximum Gasteiger partial charge on any atom is 0.329 e. The predicted octanol–water partition coefficient (Wildman–Crippen LogP) is 2.34. The molecule has 1 aromatic carbocycles. The lowest BCUT2D eigenvalue weighted by molar-refractivity contribution is 0.365. The molecule has 0 unspecified atom stereocenters. The van der Waals surface area contributed by atoms with Crippen molar-refractivity contribution >= 4 is 23.4 Å². The molecule has 0 radical (unpaired) electrons.